The van der Waals surface area contributed by atoms with Gasteiger partial charge in [-0.3, -0.25) is 19.2 Å². The van der Waals surface area contributed by atoms with Crippen molar-refractivity contribution in [3.63, 3.8) is 0 Å². The molecule has 4 atom stereocenters. The second kappa shape index (κ2) is 12.4. The normalized spacial score (nSPS) is 14.7. The van der Waals surface area contributed by atoms with Gasteiger partial charge in [-0.05, 0) is 19.3 Å². The van der Waals surface area contributed by atoms with E-state index >= 15 is 0 Å². The number of nitrogens with two attached hydrogens (primary N) is 2. The van der Waals surface area contributed by atoms with Crippen molar-refractivity contribution < 1.29 is 29.1 Å². The first-order chi connectivity index (χ1) is 14.9. The topological polar surface area (TPSA) is 222 Å². The number of carbonyl (C=O) groups is 5. The molecule has 0 aliphatic rings. The van der Waals surface area contributed by atoms with Crippen LogP contribution >= 0.6 is 0 Å². The number of hydrogen-bond acceptors (Lipinski definition) is 7. The summed E-state index contributed by atoms with van der Waals surface area (Å²) in [6.07, 6.45) is 2.79. The minimum Gasteiger partial charge on any atom is -0.480 e. The number of imidazole rings is 1. The molecular formula is C19H31N7O6. The monoisotopic (exact) mass is 453 g/mol. The Kier molecular flexibility index (Phi) is 10.3. The molecule has 1 rings (SSSR count). The molecule has 0 aliphatic carbocycles. The van der Waals surface area contributed by atoms with Crippen molar-refractivity contribution in [3.8, 4) is 0 Å². The fraction of sp³-hybridized carbons (Fsp3) is 0.579. The summed E-state index contributed by atoms with van der Waals surface area (Å²) in [6.45, 7) is 4.62. The van der Waals surface area contributed by atoms with Crippen LogP contribution in [-0.2, 0) is 30.4 Å². The van der Waals surface area contributed by atoms with Crippen LogP contribution in [0.15, 0.2) is 12.5 Å². The Hall–Kier alpha value is -3.48. The van der Waals surface area contributed by atoms with Crippen molar-refractivity contribution in [2.75, 3.05) is 0 Å². The lowest BCUT2D eigenvalue weighted by molar-refractivity contribution is -0.143. The van der Waals surface area contributed by atoms with E-state index < -0.39 is 59.7 Å². The highest BCUT2D eigenvalue weighted by Gasteiger charge is 2.30. The smallest absolute Gasteiger partial charge is 0.326 e. The molecule has 0 saturated carbocycles. The Morgan fingerprint density at radius 3 is 2.22 bits per heavy atom. The molecular weight excluding hydrogens is 422 g/mol. The Bertz CT molecular complexity index is 811. The third-order valence-electron chi connectivity index (χ3n) is 4.63. The Balaban J connectivity index is 2.76. The number of aromatic amines is 1. The Labute approximate surface area is 185 Å². The maximum atomic E-state index is 12.6. The number of carboxylic acids is 1. The number of amides is 4. The van der Waals surface area contributed by atoms with Gasteiger partial charge >= 0.3 is 5.97 Å². The number of hydrogen-bond donors (Lipinski definition) is 7. The molecule has 0 bridgehead atoms. The molecule has 0 aliphatic heterocycles. The minimum atomic E-state index is -1.24. The van der Waals surface area contributed by atoms with Gasteiger partial charge in [0.15, 0.2) is 0 Å². The summed E-state index contributed by atoms with van der Waals surface area (Å²) in [5, 5.41) is 16.5. The number of carbonyl (C=O) groups excluding carboxylic acids is 4. The van der Waals surface area contributed by atoms with Gasteiger partial charge in [-0.15, -0.1) is 0 Å². The first kappa shape index (κ1) is 26.6. The lowest BCUT2D eigenvalue weighted by Crippen LogP contribution is -2.57. The fourth-order valence-electron chi connectivity index (χ4n) is 2.73. The van der Waals surface area contributed by atoms with Gasteiger partial charge in [0, 0.05) is 24.7 Å². The molecule has 1 aromatic rings. The van der Waals surface area contributed by atoms with E-state index in [0.717, 1.165) is 0 Å². The van der Waals surface area contributed by atoms with E-state index in [9.17, 15) is 29.1 Å². The summed E-state index contributed by atoms with van der Waals surface area (Å²) >= 11 is 0. The predicted octanol–water partition coefficient (Wildman–Crippen LogP) is -2.24. The summed E-state index contributed by atoms with van der Waals surface area (Å²) in [5.74, 6) is -4.44. The molecule has 178 valence electrons. The van der Waals surface area contributed by atoms with E-state index in [4.69, 9.17) is 11.5 Å². The van der Waals surface area contributed by atoms with Crippen molar-refractivity contribution in [1.82, 2.24) is 25.9 Å². The molecule has 0 spiro atoms. The summed E-state index contributed by atoms with van der Waals surface area (Å²) in [4.78, 5) is 66.5. The number of nitrogens with zero attached hydrogens (tertiary/aromatic N) is 1. The highest BCUT2D eigenvalue weighted by Crippen LogP contribution is 2.05. The van der Waals surface area contributed by atoms with Crippen LogP contribution in [0.25, 0.3) is 0 Å². The first-order valence-corrected chi connectivity index (χ1v) is 10.1. The molecule has 0 fully saturated rings. The third-order valence-corrected chi connectivity index (χ3v) is 4.63. The average molecular weight is 454 g/mol. The van der Waals surface area contributed by atoms with Crippen molar-refractivity contribution >= 4 is 29.6 Å². The molecule has 32 heavy (non-hydrogen) atoms. The van der Waals surface area contributed by atoms with Crippen LogP contribution in [0, 0.1) is 5.92 Å². The minimum absolute atomic E-state index is 0.142. The zero-order valence-electron chi connectivity index (χ0n) is 18.3. The highest BCUT2D eigenvalue weighted by atomic mass is 16.4. The molecule has 13 nitrogen and oxygen atoms in total. The number of aromatic nitrogens is 2. The van der Waals surface area contributed by atoms with Crippen molar-refractivity contribution in [2.45, 2.75) is 64.2 Å². The number of aliphatic carboxylic acids is 1. The molecule has 1 aromatic heterocycles. The molecule has 4 unspecified atom stereocenters. The molecule has 9 N–H and O–H groups in total. The van der Waals surface area contributed by atoms with E-state index in [1.807, 2.05) is 0 Å². The number of H-pyrrole nitrogens is 1. The molecule has 1 heterocycles. The number of primary amides is 1. The van der Waals surface area contributed by atoms with Crippen LogP contribution < -0.4 is 27.4 Å². The largest absolute Gasteiger partial charge is 0.480 e. The van der Waals surface area contributed by atoms with Crippen LogP contribution in [0.3, 0.4) is 0 Å². The molecule has 0 radical (unpaired) electrons. The second-order valence-corrected chi connectivity index (χ2v) is 7.75. The van der Waals surface area contributed by atoms with Gasteiger partial charge in [0.1, 0.15) is 18.1 Å². The summed E-state index contributed by atoms with van der Waals surface area (Å²) in [5.41, 5.74) is 11.6. The van der Waals surface area contributed by atoms with Gasteiger partial charge in [0.05, 0.1) is 12.4 Å². The SMILES string of the molecule is CC(NC(=O)C(N)Cc1cnc[nH]1)C(=O)NC(CCC(N)=O)C(=O)NC(C(=O)O)C(C)C. The fourth-order valence-corrected chi connectivity index (χ4v) is 2.73. The number of rotatable bonds is 13. The van der Waals surface area contributed by atoms with Crippen LogP contribution in [0.4, 0.5) is 0 Å². The highest BCUT2D eigenvalue weighted by molar-refractivity contribution is 5.94. The Morgan fingerprint density at radius 2 is 1.72 bits per heavy atom. The lowest BCUT2D eigenvalue weighted by Gasteiger charge is -2.24. The van der Waals surface area contributed by atoms with Crippen LogP contribution in [-0.4, -0.2) is 68.8 Å². The zero-order valence-corrected chi connectivity index (χ0v) is 18.3. The van der Waals surface area contributed by atoms with Crippen LogP contribution in [0.2, 0.25) is 0 Å². The second-order valence-electron chi connectivity index (χ2n) is 7.75. The summed E-state index contributed by atoms with van der Waals surface area (Å²) in [7, 11) is 0. The van der Waals surface area contributed by atoms with Crippen LogP contribution in [0.1, 0.15) is 39.3 Å². The third kappa shape index (κ3) is 8.71. The zero-order chi connectivity index (χ0) is 24.4. The molecule has 0 saturated heterocycles. The van der Waals surface area contributed by atoms with E-state index in [-0.39, 0.29) is 19.3 Å². The van der Waals surface area contributed by atoms with Gasteiger partial charge in [-0.1, -0.05) is 13.8 Å². The predicted molar refractivity (Wildman–Crippen MR) is 113 cm³/mol. The van der Waals surface area contributed by atoms with E-state index in [2.05, 4.69) is 25.9 Å². The average Bonchev–Trinajstić information content (AvgIpc) is 3.20. The van der Waals surface area contributed by atoms with Gasteiger partial charge < -0.3 is 37.5 Å². The number of nitrogens with one attached hydrogen (secondary N) is 4. The quantitative estimate of drug-likeness (QED) is 0.172. The van der Waals surface area contributed by atoms with Crippen LogP contribution in [0.5, 0.6) is 0 Å². The van der Waals surface area contributed by atoms with Gasteiger partial charge in [-0.2, -0.15) is 0 Å². The van der Waals surface area contributed by atoms with Crippen molar-refractivity contribution in [3.05, 3.63) is 18.2 Å². The van der Waals surface area contributed by atoms with Crippen molar-refractivity contribution in [1.29, 1.82) is 0 Å². The van der Waals surface area contributed by atoms with Crippen molar-refractivity contribution in [2.24, 2.45) is 17.4 Å². The van der Waals surface area contributed by atoms with E-state index in [0.29, 0.717) is 5.69 Å². The van der Waals surface area contributed by atoms with E-state index in [1.165, 1.54) is 19.4 Å². The maximum absolute atomic E-state index is 12.6. The van der Waals surface area contributed by atoms with Gasteiger partial charge in [-0.25, -0.2) is 9.78 Å². The Morgan fingerprint density at radius 1 is 1.06 bits per heavy atom. The standard InChI is InChI=1S/C19H31N7O6/c1-9(2)15(19(31)32)26-18(30)13(4-5-14(21)27)25-16(28)10(3)24-17(29)12(20)6-11-7-22-8-23-11/h7-10,12-13,15H,4-6,20H2,1-3H3,(H2,21,27)(H,22,23)(H,24,29)(H,25,28)(H,26,30)(H,31,32). The lowest BCUT2D eigenvalue weighted by atomic mass is 10.0. The van der Waals surface area contributed by atoms with Gasteiger partial charge in [0.25, 0.3) is 0 Å². The number of carboxylic acid groups (broad SMARTS) is 1. The molecule has 4 amide bonds. The molecule has 0 aromatic carbocycles. The summed E-state index contributed by atoms with van der Waals surface area (Å²) < 4.78 is 0. The van der Waals surface area contributed by atoms with E-state index in [1.54, 1.807) is 13.8 Å². The summed E-state index contributed by atoms with van der Waals surface area (Å²) in [6, 6.07) is -4.41. The molecule has 13 heteroatoms. The van der Waals surface area contributed by atoms with Gasteiger partial charge in [0.2, 0.25) is 23.6 Å². The maximum Gasteiger partial charge on any atom is 0.326 e. The first-order valence-electron chi connectivity index (χ1n) is 10.1.